The van der Waals surface area contributed by atoms with Crippen molar-refractivity contribution < 1.29 is 88.2 Å². The molecule has 16 nitrogen and oxygen atoms in total. The van der Waals surface area contributed by atoms with E-state index >= 15 is 0 Å². The molecule has 6 unspecified atom stereocenters. The zero-order valence-corrected chi connectivity index (χ0v) is 60.4. The van der Waals surface area contributed by atoms with Crippen LogP contribution in [0.5, 0.6) is 11.8 Å². The number of aromatic nitrogens is 3. The molecule has 0 bridgehead atoms. The molecular formula is C45H83Ag2ClIN6O10P10. The van der Waals surface area contributed by atoms with Crippen molar-refractivity contribution in [3.05, 3.63) is 77.5 Å². The maximum Gasteiger partial charge on any atom is 1.00 e. The minimum atomic E-state index is -0.525. The van der Waals surface area contributed by atoms with Crippen molar-refractivity contribution in [1.29, 1.82) is 0 Å². The first-order valence-corrected chi connectivity index (χ1v) is 40.4. The predicted molar refractivity (Wildman–Crippen MR) is 344 cm³/mol. The van der Waals surface area contributed by atoms with Gasteiger partial charge in [0, 0.05) is 69.2 Å². The fraction of sp³-hybridized carbons (Fsp3) is 0.556. The first-order valence-electron chi connectivity index (χ1n) is 21.0. The van der Waals surface area contributed by atoms with Crippen LogP contribution in [0.25, 0.3) is 0 Å². The number of fused-ring (bicyclic) bond motifs is 3. The smallest absolute Gasteiger partial charge is 0.509 e. The molecule has 0 aromatic carbocycles. The second-order valence-corrected chi connectivity index (χ2v) is 53.7. The fourth-order valence-electron chi connectivity index (χ4n) is 6.66. The molecule has 0 spiro atoms. The van der Waals surface area contributed by atoms with Gasteiger partial charge >= 0.3 is 34.6 Å². The Morgan fingerprint density at radius 1 is 0.667 bits per heavy atom. The molecule has 75 heavy (non-hydrogen) atoms. The summed E-state index contributed by atoms with van der Waals surface area (Å²) in [6.45, 7) is 28.0. The van der Waals surface area contributed by atoms with Crippen LogP contribution >= 0.6 is 117 Å². The number of halogens is 2. The van der Waals surface area contributed by atoms with Crippen molar-refractivity contribution in [2.24, 2.45) is 0 Å². The monoisotopic (exact) mass is 1550 g/mol. The predicted octanol–water partition coefficient (Wildman–Crippen LogP) is 14.4. The minimum absolute atomic E-state index is 0. The molecule has 6 atom stereocenters. The number of aryl methyl sites for hydroxylation is 3. The molecular weight excluding hydrogens is 1470 g/mol. The van der Waals surface area contributed by atoms with E-state index in [1.54, 1.807) is 24.0 Å². The van der Waals surface area contributed by atoms with Crippen LogP contribution in [-0.2, 0) is 103 Å². The third-order valence-electron chi connectivity index (χ3n) is 10.1. The van der Waals surface area contributed by atoms with Crippen LogP contribution in [0.2, 0.25) is 0 Å². The van der Waals surface area contributed by atoms with Gasteiger partial charge in [-0.15, -0.1) is 78.8 Å². The maximum absolute atomic E-state index is 12.2. The summed E-state index contributed by atoms with van der Waals surface area (Å²) in [6.07, 6.45) is 7.33. The number of H-pyrrole nitrogens is 1. The molecule has 439 valence electrons. The average molecular weight is 1560 g/mol. The van der Waals surface area contributed by atoms with Crippen molar-refractivity contribution in [1.82, 2.24) is 30.1 Å². The van der Waals surface area contributed by atoms with Gasteiger partial charge in [-0.3, -0.25) is 14.6 Å². The largest absolute Gasteiger partial charge is 1.00 e. The normalized spacial score (nSPS) is 12.0. The number of nitrogens with zero attached hydrogens (tertiary/aromatic N) is 4. The molecule has 3 aromatic rings. The number of nitrogens with one attached hydrogen (secondary N) is 2. The number of terminal acetylenes is 1. The number of pyridine rings is 3. The molecule has 6 heterocycles. The van der Waals surface area contributed by atoms with Gasteiger partial charge in [0.05, 0.1) is 40.4 Å². The quantitative estimate of drug-likeness (QED) is 0.0243. The van der Waals surface area contributed by atoms with Gasteiger partial charge in [-0.2, -0.15) is 0 Å². The van der Waals surface area contributed by atoms with E-state index in [1.807, 2.05) is 81.1 Å². The Kier molecular flexibility index (Phi) is 50.0. The van der Waals surface area contributed by atoms with E-state index in [-0.39, 0.29) is 118 Å². The SMILES string of the molecule is C.C.C#C.CI.COc1nc(C)c(C)c2c1CN(C(=O)OC(C)(C)C)C2.COc1nc(C)c(C)c2c1CNC2.Cc1[nH]c(=O)c2c(c1C)CN(C(=O)OC(C)(C)C)C2.Cl.O=[C-]OO.PP(P)P(P(P)P)P(P)P.[Ag+].[Ag]. The summed E-state index contributed by atoms with van der Waals surface area (Å²) in [4.78, 5) is 64.3. The second kappa shape index (κ2) is 42.9. The third kappa shape index (κ3) is 28.8. The van der Waals surface area contributed by atoms with E-state index < -0.39 is 11.2 Å². The molecule has 0 aliphatic carbocycles. The van der Waals surface area contributed by atoms with Gasteiger partial charge < -0.3 is 38.9 Å². The van der Waals surface area contributed by atoms with E-state index in [1.165, 1.54) is 16.7 Å². The summed E-state index contributed by atoms with van der Waals surface area (Å²) in [5.41, 5.74) is 11.5. The van der Waals surface area contributed by atoms with Gasteiger partial charge in [0.1, 0.15) is 11.2 Å². The van der Waals surface area contributed by atoms with Crippen LogP contribution in [0.15, 0.2) is 4.79 Å². The third-order valence-corrected chi connectivity index (χ3v) is 59.6. The van der Waals surface area contributed by atoms with E-state index in [0.29, 0.717) is 37.6 Å². The Labute approximate surface area is 518 Å². The van der Waals surface area contributed by atoms with Crippen LogP contribution in [-0.4, -0.2) is 79.0 Å². The average Bonchev–Trinajstić information content (AvgIpc) is 4.07. The molecule has 0 saturated carbocycles. The number of hydrogen-bond acceptors (Lipinski definition) is 13. The van der Waals surface area contributed by atoms with Gasteiger partial charge in [0.2, 0.25) is 11.8 Å². The summed E-state index contributed by atoms with van der Waals surface area (Å²) in [7, 11) is 21.0. The Morgan fingerprint density at radius 3 is 1.32 bits per heavy atom. The summed E-state index contributed by atoms with van der Waals surface area (Å²) < 4.78 is 21.3. The zero-order chi connectivity index (χ0) is 54.6. The van der Waals surface area contributed by atoms with Crippen molar-refractivity contribution in [2.75, 3.05) is 19.2 Å². The van der Waals surface area contributed by atoms with Crippen molar-refractivity contribution in [3.63, 3.8) is 0 Å². The number of methoxy groups -OCH3 is 2. The number of rotatable bonds is 6. The Balaban J connectivity index is -0.000000202. The van der Waals surface area contributed by atoms with E-state index in [4.69, 9.17) is 29.0 Å². The van der Waals surface area contributed by atoms with Gasteiger partial charge in [-0.1, -0.05) is 37.4 Å². The minimum Gasteiger partial charge on any atom is -0.509 e. The first-order chi connectivity index (χ1) is 32.5. The first kappa shape index (κ1) is 87.4. The van der Waals surface area contributed by atoms with Gasteiger partial charge in [-0.05, 0) is 156 Å². The van der Waals surface area contributed by atoms with Crippen molar-refractivity contribution >= 4 is 135 Å². The molecule has 3 N–H and O–H groups in total. The number of carbonyl (C=O) groups is 2. The van der Waals surface area contributed by atoms with Crippen molar-refractivity contribution in [2.45, 2.75) is 148 Å². The van der Waals surface area contributed by atoms with E-state index in [9.17, 15) is 14.4 Å². The molecule has 3 aliphatic rings. The molecule has 1 radical (unpaired) electrons. The Hall–Kier alpha value is 1.14. The van der Waals surface area contributed by atoms with Crippen LogP contribution < -0.4 is 20.3 Å². The molecule has 0 saturated heterocycles. The molecule has 2 amide bonds. The Bertz CT molecular complexity index is 2280. The van der Waals surface area contributed by atoms with Crippen LogP contribution in [0, 0.1) is 54.4 Å². The van der Waals surface area contributed by atoms with Gasteiger partial charge in [0.15, 0.2) is 0 Å². The van der Waals surface area contributed by atoms with E-state index in [2.05, 4.69) is 121 Å². The standard InChI is InChI=1S/C15H22N2O3.C14H20N2O3.C10H14N2O.C2H2.CH3I.CHO3.2CH4.2Ag.ClH.H12P10/c1-9-10(2)16-13(19-6)12-8-17(7-11(9)12)14(18)20-15(3,4)5;1-8-9(2)15-12(17)11-7-16(6-10(8)11)13(18)19-14(3,4)5;1-6-7(2)12-10(13-3)9-5-11-4-8(6)9;2*1-2;2-1-4-3;;;;;;1-7(2)10(8(3)4)9(5)6/h7-8H2,1-6H3;6-7H2,1-5H3,(H,15,17);11H,4-5H2,1-3H3;1-2H;1H3;3H;2*1H4;;;1H;1-6H2/q;;;;;-1;;;;+1;;. The summed E-state index contributed by atoms with van der Waals surface area (Å²) in [5.74, 6) is 1.39. The molecule has 6 rings (SSSR count). The number of alkyl halides is 1. The number of amides is 2. The molecule has 30 heteroatoms. The van der Waals surface area contributed by atoms with Crippen LogP contribution in [0.3, 0.4) is 0 Å². The summed E-state index contributed by atoms with van der Waals surface area (Å²) in [6, 6.07) is 0. The van der Waals surface area contributed by atoms with Gasteiger partial charge in [0.25, 0.3) is 5.56 Å². The maximum atomic E-state index is 12.2. The number of ether oxygens (including phenoxy) is 4. The number of aromatic amines is 1. The fourth-order valence-corrected chi connectivity index (χ4v) is 93.2. The van der Waals surface area contributed by atoms with E-state index in [0.717, 1.165) is 70.3 Å². The van der Waals surface area contributed by atoms with Crippen LogP contribution in [0.4, 0.5) is 9.59 Å². The second-order valence-electron chi connectivity index (χ2n) is 17.1. The molecule has 3 aliphatic heterocycles. The number of carbonyl (C=O) groups excluding carboxylic acids is 3. The topological polar surface area (TPSA) is 195 Å². The zero-order valence-electron chi connectivity index (χ0n) is 43.9. The Morgan fingerprint density at radius 2 is 0.987 bits per heavy atom. The molecule has 0 fully saturated rings. The van der Waals surface area contributed by atoms with Gasteiger partial charge in [-0.25, -0.2) is 24.8 Å². The van der Waals surface area contributed by atoms with Crippen LogP contribution in [0.1, 0.15) is 124 Å². The summed E-state index contributed by atoms with van der Waals surface area (Å²) >= 11 is 2.15. The number of hydrogen-bond donors (Lipinski definition) is 3. The van der Waals surface area contributed by atoms with Crippen molar-refractivity contribution in [3.8, 4) is 24.6 Å². The summed E-state index contributed by atoms with van der Waals surface area (Å²) in [5, 5.41) is 10.3. The molecule has 3 aromatic heterocycles.